The molecule has 1 atom stereocenters. The van der Waals surface area contributed by atoms with Crippen LogP contribution >= 0.6 is 0 Å². The fourth-order valence-corrected chi connectivity index (χ4v) is 2.62. The van der Waals surface area contributed by atoms with Crippen molar-refractivity contribution in [2.75, 3.05) is 31.8 Å². The molecule has 3 rings (SSSR count). The van der Waals surface area contributed by atoms with Gasteiger partial charge in [-0.2, -0.15) is 5.10 Å². The molecule has 7 nitrogen and oxygen atoms in total. The van der Waals surface area contributed by atoms with Crippen molar-refractivity contribution in [2.45, 2.75) is 18.9 Å². The lowest BCUT2D eigenvalue weighted by Gasteiger charge is -2.23. The summed E-state index contributed by atoms with van der Waals surface area (Å²) in [4.78, 5) is 14.2. The maximum Gasteiger partial charge on any atom is 0.266 e. The molecule has 128 valence electrons. The van der Waals surface area contributed by atoms with E-state index in [4.69, 9.17) is 14.2 Å². The summed E-state index contributed by atoms with van der Waals surface area (Å²) in [6.07, 6.45) is 3.66. The van der Waals surface area contributed by atoms with Gasteiger partial charge in [0.1, 0.15) is 17.3 Å². The Bertz CT molecular complexity index is 636. The van der Waals surface area contributed by atoms with Crippen molar-refractivity contribution < 1.29 is 19.0 Å². The number of nitrogens with one attached hydrogen (secondary N) is 1. The molecule has 0 spiro atoms. The van der Waals surface area contributed by atoms with Crippen LogP contribution in [0.1, 0.15) is 12.8 Å². The summed E-state index contributed by atoms with van der Waals surface area (Å²) in [5, 5.41) is 6.76. The van der Waals surface area contributed by atoms with E-state index in [2.05, 4.69) is 10.2 Å². The van der Waals surface area contributed by atoms with Gasteiger partial charge in [0.2, 0.25) is 0 Å². The first-order valence-corrected chi connectivity index (χ1v) is 7.94. The average molecular weight is 331 g/mol. The van der Waals surface area contributed by atoms with Crippen molar-refractivity contribution in [3.05, 3.63) is 36.5 Å². The molecule has 2 heterocycles. The Kier molecular flexibility index (Phi) is 5.32. The lowest BCUT2D eigenvalue weighted by atomic mass is 10.2. The van der Waals surface area contributed by atoms with Crippen LogP contribution in [-0.2, 0) is 9.53 Å². The van der Waals surface area contributed by atoms with Gasteiger partial charge >= 0.3 is 0 Å². The SMILES string of the molecule is COc1ccc(OCC(=O)N(CC2CCCO2)c2ccn[nH]2)cc1. The molecule has 0 saturated carbocycles. The first kappa shape index (κ1) is 16.3. The summed E-state index contributed by atoms with van der Waals surface area (Å²) in [7, 11) is 1.60. The summed E-state index contributed by atoms with van der Waals surface area (Å²) < 4.78 is 16.3. The monoisotopic (exact) mass is 331 g/mol. The van der Waals surface area contributed by atoms with E-state index in [1.165, 1.54) is 0 Å². The second kappa shape index (κ2) is 7.83. The lowest BCUT2D eigenvalue weighted by molar-refractivity contribution is -0.121. The number of amides is 1. The number of ether oxygens (including phenoxy) is 3. The smallest absolute Gasteiger partial charge is 0.266 e. The predicted molar refractivity (Wildman–Crippen MR) is 88.4 cm³/mol. The van der Waals surface area contributed by atoms with Crippen molar-refractivity contribution >= 4 is 11.7 Å². The van der Waals surface area contributed by atoms with E-state index >= 15 is 0 Å². The number of aromatic amines is 1. The molecule has 1 amide bonds. The van der Waals surface area contributed by atoms with Gasteiger partial charge in [-0.25, -0.2) is 0 Å². The molecule has 1 aromatic heterocycles. The third-order valence-electron chi connectivity index (χ3n) is 3.91. The highest BCUT2D eigenvalue weighted by Crippen LogP contribution is 2.19. The number of carbonyl (C=O) groups excluding carboxylic acids is 1. The minimum atomic E-state index is -0.148. The number of anilines is 1. The van der Waals surface area contributed by atoms with Gasteiger partial charge in [-0.05, 0) is 37.1 Å². The van der Waals surface area contributed by atoms with Crippen LogP contribution in [0.5, 0.6) is 11.5 Å². The summed E-state index contributed by atoms with van der Waals surface area (Å²) in [5.41, 5.74) is 0. The zero-order valence-electron chi connectivity index (χ0n) is 13.6. The van der Waals surface area contributed by atoms with Crippen molar-refractivity contribution in [1.29, 1.82) is 0 Å². The number of benzene rings is 1. The Morgan fingerprint density at radius 1 is 1.33 bits per heavy atom. The zero-order valence-corrected chi connectivity index (χ0v) is 13.6. The Morgan fingerprint density at radius 3 is 2.75 bits per heavy atom. The van der Waals surface area contributed by atoms with E-state index in [1.807, 2.05) is 0 Å². The number of nitrogens with zero attached hydrogens (tertiary/aromatic N) is 2. The first-order chi connectivity index (χ1) is 11.8. The summed E-state index contributed by atoms with van der Waals surface area (Å²) >= 11 is 0. The van der Waals surface area contributed by atoms with E-state index in [-0.39, 0.29) is 18.6 Å². The maximum absolute atomic E-state index is 12.6. The van der Waals surface area contributed by atoms with Gasteiger partial charge in [0.15, 0.2) is 6.61 Å². The molecule has 1 saturated heterocycles. The van der Waals surface area contributed by atoms with Crippen LogP contribution in [0.25, 0.3) is 0 Å². The fraction of sp³-hybridized carbons (Fsp3) is 0.412. The molecule has 24 heavy (non-hydrogen) atoms. The van der Waals surface area contributed by atoms with E-state index in [1.54, 1.807) is 48.5 Å². The van der Waals surface area contributed by atoms with Gasteiger partial charge in [0, 0.05) is 12.7 Å². The van der Waals surface area contributed by atoms with Crippen LogP contribution in [0.3, 0.4) is 0 Å². The molecule has 7 heteroatoms. The molecule has 0 radical (unpaired) electrons. The summed E-state index contributed by atoms with van der Waals surface area (Å²) in [6, 6.07) is 8.89. The van der Waals surface area contributed by atoms with E-state index in [0.717, 1.165) is 25.2 Å². The van der Waals surface area contributed by atoms with Gasteiger partial charge in [0.05, 0.1) is 26.0 Å². The van der Waals surface area contributed by atoms with Crippen molar-refractivity contribution in [3.8, 4) is 11.5 Å². The number of hydrogen-bond acceptors (Lipinski definition) is 5. The summed E-state index contributed by atoms with van der Waals surface area (Å²) in [5.74, 6) is 1.86. The van der Waals surface area contributed by atoms with Gasteiger partial charge in [-0.1, -0.05) is 0 Å². The molecule has 2 aromatic rings. The molecule has 1 aliphatic rings. The van der Waals surface area contributed by atoms with Gasteiger partial charge in [-0.3, -0.25) is 14.8 Å². The molecule has 1 aromatic carbocycles. The number of H-pyrrole nitrogens is 1. The molecular formula is C17H21N3O4. The molecule has 1 N–H and O–H groups in total. The van der Waals surface area contributed by atoms with Crippen LogP contribution < -0.4 is 14.4 Å². The van der Waals surface area contributed by atoms with Crippen LogP contribution in [-0.4, -0.2) is 49.1 Å². The van der Waals surface area contributed by atoms with Crippen LogP contribution in [0.2, 0.25) is 0 Å². The first-order valence-electron chi connectivity index (χ1n) is 7.94. The van der Waals surface area contributed by atoms with Gasteiger partial charge < -0.3 is 14.2 Å². The van der Waals surface area contributed by atoms with Gasteiger partial charge in [-0.15, -0.1) is 0 Å². The summed E-state index contributed by atoms with van der Waals surface area (Å²) in [6.45, 7) is 1.18. The normalized spacial score (nSPS) is 16.8. The topological polar surface area (TPSA) is 76.7 Å². The van der Waals surface area contributed by atoms with Crippen molar-refractivity contribution in [2.24, 2.45) is 0 Å². The Labute approximate surface area is 140 Å². The molecule has 1 fully saturated rings. The van der Waals surface area contributed by atoms with Crippen LogP contribution in [0.15, 0.2) is 36.5 Å². The number of methoxy groups -OCH3 is 1. The Balaban J connectivity index is 1.61. The van der Waals surface area contributed by atoms with Crippen molar-refractivity contribution in [3.63, 3.8) is 0 Å². The Morgan fingerprint density at radius 2 is 2.12 bits per heavy atom. The lowest BCUT2D eigenvalue weighted by Crippen LogP contribution is -2.40. The molecule has 1 aliphatic heterocycles. The second-order valence-electron chi connectivity index (χ2n) is 5.55. The minimum absolute atomic E-state index is 0.0539. The third-order valence-corrected chi connectivity index (χ3v) is 3.91. The van der Waals surface area contributed by atoms with E-state index in [9.17, 15) is 4.79 Å². The van der Waals surface area contributed by atoms with Crippen molar-refractivity contribution in [1.82, 2.24) is 10.2 Å². The molecular weight excluding hydrogens is 310 g/mol. The fourth-order valence-electron chi connectivity index (χ4n) is 2.62. The number of hydrogen-bond donors (Lipinski definition) is 1. The highest BCUT2D eigenvalue weighted by Gasteiger charge is 2.24. The number of rotatable bonds is 7. The average Bonchev–Trinajstić information content (AvgIpc) is 3.31. The number of aromatic nitrogens is 2. The van der Waals surface area contributed by atoms with Crippen LogP contribution in [0.4, 0.5) is 5.82 Å². The van der Waals surface area contributed by atoms with Gasteiger partial charge in [0.25, 0.3) is 5.91 Å². The highest BCUT2D eigenvalue weighted by molar-refractivity contribution is 5.93. The number of carbonyl (C=O) groups is 1. The maximum atomic E-state index is 12.6. The highest BCUT2D eigenvalue weighted by atomic mass is 16.5. The molecule has 1 unspecified atom stereocenters. The van der Waals surface area contributed by atoms with E-state index in [0.29, 0.717) is 18.1 Å². The molecule has 0 aliphatic carbocycles. The predicted octanol–water partition coefficient (Wildman–Crippen LogP) is 2.01. The quantitative estimate of drug-likeness (QED) is 0.840. The van der Waals surface area contributed by atoms with E-state index < -0.39 is 0 Å². The zero-order chi connectivity index (χ0) is 16.8. The molecule has 0 bridgehead atoms. The van der Waals surface area contributed by atoms with Crippen LogP contribution in [0, 0.1) is 0 Å². The Hall–Kier alpha value is -2.54. The minimum Gasteiger partial charge on any atom is -0.497 e. The third kappa shape index (κ3) is 4.05. The largest absolute Gasteiger partial charge is 0.497 e. The standard InChI is InChI=1S/C17H21N3O4/c1-22-13-4-6-14(7-5-13)24-12-17(21)20(16-8-9-18-19-16)11-15-3-2-10-23-15/h4-9,15H,2-3,10-12H2,1H3,(H,18,19). The second-order valence-corrected chi connectivity index (χ2v) is 5.55.